The van der Waals surface area contributed by atoms with Gasteiger partial charge < -0.3 is 10.4 Å². The Hall–Kier alpha value is -0.860. The molecule has 1 fully saturated rings. The van der Waals surface area contributed by atoms with E-state index in [4.69, 9.17) is 0 Å². The molecule has 1 atom stereocenters. The van der Waals surface area contributed by atoms with E-state index in [1.54, 1.807) is 0 Å². The molecule has 2 nitrogen and oxygen atoms in total. The van der Waals surface area contributed by atoms with Crippen LogP contribution in [0.4, 0.5) is 0 Å². The van der Waals surface area contributed by atoms with Crippen molar-refractivity contribution < 1.29 is 5.11 Å². The maximum Gasteiger partial charge on any atom is 0.0819 e. The van der Waals surface area contributed by atoms with Crippen molar-refractivity contribution in [1.82, 2.24) is 5.32 Å². The molecular formula is C12H17NO. The minimum absolute atomic E-state index is 0.279. The molecule has 0 unspecified atom stereocenters. The standard InChI is InChI=1S/C12H17NO/c14-12(10-4-2-1-3-5-10)11-6-8-13-9-7-11/h1-5,11-14H,6-9H2/t12-/m0/s1. The fourth-order valence-corrected chi connectivity index (χ4v) is 2.08. The van der Waals surface area contributed by atoms with E-state index >= 15 is 0 Å². The minimum Gasteiger partial charge on any atom is -0.388 e. The Morgan fingerprint density at radius 3 is 2.43 bits per heavy atom. The fraction of sp³-hybridized carbons (Fsp3) is 0.500. The molecule has 0 radical (unpaired) electrons. The highest BCUT2D eigenvalue weighted by Crippen LogP contribution is 2.28. The van der Waals surface area contributed by atoms with Crippen molar-refractivity contribution in [1.29, 1.82) is 0 Å². The van der Waals surface area contributed by atoms with E-state index in [1.807, 2.05) is 30.3 Å². The molecule has 0 bridgehead atoms. The Balaban J connectivity index is 2.03. The third kappa shape index (κ3) is 2.14. The molecule has 2 N–H and O–H groups in total. The lowest BCUT2D eigenvalue weighted by molar-refractivity contribution is 0.0889. The number of hydrogen-bond acceptors (Lipinski definition) is 2. The quantitative estimate of drug-likeness (QED) is 0.746. The van der Waals surface area contributed by atoms with Gasteiger partial charge in [0.15, 0.2) is 0 Å². The highest BCUT2D eigenvalue weighted by molar-refractivity contribution is 5.18. The zero-order chi connectivity index (χ0) is 9.80. The Morgan fingerprint density at radius 2 is 1.79 bits per heavy atom. The van der Waals surface area contributed by atoms with Crippen LogP contribution in [-0.4, -0.2) is 18.2 Å². The second-order valence-electron chi connectivity index (χ2n) is 3.94. The second-order valence-corrected chi connectivity index (χ2v) is 3.94. The van der Waals surface area contributed by atoms with E-state index < -0.39 is 0 Å². The van der Waals surface area contributed by atoms with E-state index in [1.165, 1.54) is 0 Å². The molecule has 0 aliphatic carbocycles. The van der Waals surface area contributed by atoms with Gasteiger partial charge in [-0.15, -0.1) is 0 Å². The average molecular weight is 191 g/mol. The van der Waals surface area contributed by atoms with Crippen LogP contribution in [-0.2, 0) is 0 Å². The zero-order valence-corrected chi connectivity index (χ0v) is 8.32. The predicted molar refractivity (Wildman–Crippen MR) is 57.0 cm³/mol. The maximum absolute atomic E-state index is 10.1. The molecule has 0 amide bonds. The molecule has 1 aromatic rings. The summed E-state index contributed by atoms with van der Waals surface area (Å²) < 4.78 is 0. The number of nitrogens with one attached hydrogen (secondary N) is 1. The summed E-state index contributed by atoms with van der Waals surface area (Å²) in [7, 11) is 0. The van der Waals surface area contributed by atoms with Crippen molar-refractivity contribution in [3.8, 4) is 0 Å². The van der Waals surface area contributed by atoms with Gasteiger partial charge in [0.1, 0.15) is 0 Å². The lowest BCUT2D eigenvalue weighted by Gasteiger charge is -2.27. The number of aliphatic hydroxyl groups excluding tert-OH is 1. The summed E-state index contributed by atoms with van der Waals surface area (Å²) in [6, 6.07) is 9.97. The van der Waals surface area contributed by atoms with Crippen LogP contribution in [0.3, 0.4) is 0 Å². The second kappa shape index (κ2) is 4.58. The highest BCUT2D eigenvalue weighted by Gasteiger charge is 2.22. The highest BCUT2D eigenvalue weighted by atomic mass is 16.3. The normalized spacial score (nSPS) is 20.6. The molecule has 0 spiro atoms. The van der Waals surface area contributed by atoms with Gasteiger partial charge in [0, 0.05) is 0 Å². The van der Waals surface area contributed by atoms with Crippen LogP contribution < -0.4 is 5.32 Å². The summed E-state index contributed by atoms with van der Waals surface area (Å²) >= 11 is 0. The largest absolute Gasteiger partial charge is 0.388 e. The Bertz CT molecular complexity index is 267. The molecular weight excluding hydrogens is 174 g/mol. The zero-order valence-electron chi connectivity index (χ0n) is 8.32. The first kappa shape index (κ1) is 9.69. The number of benzene rings is 1. The van der Waals surface area contributed by atoms with Crippen molar-refractivity contribution in [3.63, 3.8) is 0 Å². The summed E-state index contributed by atoms with van der Waals surface area (Å²) in [5.41, 5.74) is 1.06. The van der Waals surface area contributed by atoms with E-state index in [-0.39, 0.29) is 6.10 Å². The van der Waals surface area contributed by atoms with Crippen molar-refractivity contribution >= 4 is 0 Å². The van der Waals surface area contributed by atoms with Gasteiger partial charge in [-0.2, -0.15) is 0 Å². The van der Waals surface area contributed by atoms with E-state index in [9.17, 15) is 5.11 Å². The molecule has 2 heteroatoms. The van der Waals surface area contributed by atoms with Crippen LogP contribution in [0.15, 0.2) is 30.3 Å². The Kier molecular flexibility index (Phi) is 3.17. The molecule has 1 aliphatic heterocycles. The molecule has 2 rings (SSSR count). The topological polar surface area (TPSA) is 32.3 Å². The van der Waals surface area contributed by atoms with Crippen LogP contribution in [0.2, 0.25) is 0 Å². The summed E-state index contributed by atoms with van der Waals surface area (Å²) in [6.45, 7) is 2.07. The first-order valence-corrected chi connectivity index (χ1v) is 5.31. The molecule has 14 heavy (non-hydrogen) atoms. The lowest BCUT2D eigenvalue weighted by Crippen LogP contribution is -2.30. The molecule has 1 aromatic carbocycles. The molecule has 1 aliphatic rings. The van der Waals surface area contributed by atoms with Gasteiger partial charge in [-0.3, -0.25) is 0 Å². The third-order valence-corrected chi connectivity index (χ3v) is 2.97. The van der Waals surface area contributed by atoms with Crippen LogP contribution in [0.25, 0.3) is 0 Å². The van der Waals surface area contributed by atoms with Crippen molar-refractivity contribution in [2.75, 3.05) is 13.1 Å². The van der Waals surface area contributed by atoms with Gasteiger partial charge in [-0.1, -0.05) is 30.3 Å². The van der Waals surface area contributed by atoms with Crippen molar-refractivity contribution in [2.24, 2.45) is 5.92 Å². The number of piperidine rings is 1. The van der Waals surface area contributed by atoms with Crippen LogP contribution >= 0.6 is 0 Å². The summed E-state index contributed by atoms with van der Waals surface area (Å²) in [6.07, 6.45) is 1.88. The number of rotatable bonds is 2. The molecule has 76 valence electrons. The SMILES string of the molecule is O[C@@H](c1ccccc1)C1CCNCC1. The number of aliphatic hydroxyl groups is 1. The molecule has 1 heterocycles. The molecule has 0 aromatic heterocycles. The van der Waals surface area contributed by atoms with E-state index in [0.717, 1.165) is 31.5 Å². The Labute approximate surface area is 85.0 Å². The predicted octanol–water partition coefficient (Wildman–Crippen LogP) is 1.72. The number of hydrogen-bond donors (Lipinski definition) is 2. The lowest BCUT2D eigenvalue weighted by atomic mass is 9.88. The maximum atomic E-state index is 10.1. The first-order chi connectivity index (χ1) is 6.88. The summed E-state index contributed by atoms with van der Waals surface area (Å²) in [4.78, 5) is 0. The average Bonchev–Trinajstić information content (AvgIpc) is 2.30. The summed E-state index contributed by atoms with van der Waals surface area (Å²) in [5.74, 6) is 0.429. The summed E-state index contributed by atoms with van der Waals surface area (Å²) in [5, 5.41) is 13.4. The van der Waals surface area contributed by atoms with Gasteiger partial charge >= 0.3 is 0 Å². The minimum atomic E-state index is -0.279. The van der Waals surface area contributed by atoms with Gasteiger partial charge in [0.2, 0.25) is 0 Å². The fourth-order valence-electron chi connectivity index (χ4n) is 2.08. The third-order valence-electron chi connectivity index (χ3n) is 2.97. The van der Waals surface area contributed by atoms with Gasteiger partial charge in [0.05, 0.1) is 6.10 Å². The first-order valence-electron chi connectivity index (χ1n) is 5.31. The van der Waals surface area contributed by atoms with Crippen molar-refractivity contribution in [2.45, 2.75) is 18.9 Å². The smallest absolute Gasteiger partial charge is 0.0819 e. The van der Waals surface area contributed by atoms with Gasteiger partial charge in [-0.25, -0.2) is 0 Å². The van der Waals surface area contributed by atoms with Crippen LogP contribution in [0.5, 0.6) is 0 Å². The van der Waals surface area contributed by atoms with E-state index in [0.29, 0.717) is 5.92 Å². The Morgan fingerprint density at radius 1 is 1.14 bits per heavy atom. The van der Waals surface area contributed by atoms with Gasteiger partial charge in [-0.05, 0) is 37.4 Å². The molecule has 0 saturated carbocycles. The van der Waals surface area contributed by atoms with Crippen LogP contribution in [0.1, 0.15) is 24.5 Å². The van der Waals surface area contributed by atoms with E-state index in [2.05, 4.69) is 5.32 Å². The van der Waals surface area contributed by atoms with Gasteiger partial charge in [0.25, 0.3) is 0 Å². The molecule has 1 saturated heterocycles. The monoisotopic (exact) mass is 191 g/mol. The van der Waals surface area contributed by atoms with Crippen molar-refractivity contribution in [3.05, 3.63) is 35.9 Å². The van der Waals surface area contributed by atoms with Crippen LogP contribution in [0, 0.1) is 5.92 Å².